The van der Waals surface area contributed by atoms with E-state index in [0.29, 0.717) is 0 Å². The third-order valence-corrected chi connectivity index (χ3v) is 5.35. The van der Waals surface area contributed by atoms with Crippen molar-refractivity contribution in [3.8, 4) is 5.75 Å². The number of benzene rings is 1. The second-order valence-corrected chi connectivity index (χ2v) is 6.53. The summed E-state index contributed by atoms with van der Waals surface area (Å²) in [6, 6.07) is 10.9. The molecular weight excluding hydrogens is 260 g/mol. The average Bonchev–Trinajstić information content (AvgIpc) is 2.52. The minimum atomic E-state index is 0.734. The molecule has 0 saturated carbocycles. The molecule has 1 N–H and O–H groups in total. The van der Waals surface area contributed by atoms with Crippen molar-refractivity contribution >= 4 is 0 Å². The lowest BCUT2D eigenvalue weighted by atomic mass is 9.81. The van der Waals surface area contributed by atoms with E-state index in [4.69, 9.17) is 4.74 Å². The number of ether oxygens (including phenoxy) is 1. The van der Waals surface area contributed by atoms with Gasteiger partial charge in [-0.1, -0.05) is 18.6 Å². The standard InChI is InChI=1S/C18H28N2O/c1-19-15-12-16-4-3-5-17(13-15)20(16)11-10-14-6-8-18(21-2)9-7-14/h6-9,15-17,19H,3-5,10-13H2,1-2H3. The Morgan fingerprint density at radius 3 is 2.38 bits per heavy atom. The molecule has 3 rings (SSSR count). The van der Waals surface area contributed by atoms with Gasteiger partial charge in [0.25, 0.3) is 0 Å². The quantitative estimate of drug-likeness (QED) is 0.901. The lowest BCUT2D eigenvalue weighted by Gasteiger charge is -2.49. The van der Waals surface area contributed by atoms with Crippen LogP contribution in [0.4, 0.5) is 0 Å². The number of hydrogen-bond donors (Lipinski definition) is 1. The van der Waals surface area contributed by atoms with Gasteiger partial charge in [-0.05, 0) is 56.8 Å². The molecule has 0 spiro atoms. The van der Waals surface area contributed by atoms with E-state index < -0.39 is 0 Å². The van der Waals surface area contributed by atoms with Gasteiger partial charge in [-0.3, -0.25) is 4.90 Å². The number of fused-ring (bicyclic) bond motifs is 2. The summed E-state index contributed by atoms with van der Waals surface area (Å²) in [5.74, 6) is 0.949. The molecule has 0 amide bonds. The van der Waals surface area contributed by atoms with Crippen LogP contribution in [0.3, 0.4) is 0 Å². The number of hydrogen-bond acceptors (Lipinski definition) is 3. The van der Waals surface area contributed by atoms with Crippen LogP contribution >= 0.6 is 0 Å². The highest BCUT2D eigenvalue weighted by Crippen LogP contribution is 2.34. The number of piperidine rings is 2. The predicted molar refractivity (Wildman–Crippen MR) is 86.9 cm³/mol. The Balaban J connectivity index is 1.59. The normalized spacial score (nSPS) is 29.3. The fourth-order valence-electron chi connectivity index (χ4n) is 4.13. The first-order valence-electron chi connectivity index (χ1n) is 8.36. The maximum Gasteiger partial charge on any atom is 0.118 e. The topological polar surface area (TPSA) is 24.5 Å². The van der Waals surface area contributed by atoms with Gasteiger partial charge in [0.15, 0.2) is 0 Å². The van der Waals surface area contributed by atoms with Crippen LogP contribution in [-0.4, -0.2) is 43.7 Å². The predicted octanol–water partition coefficient (Wildman–Crippen LogP) is 2.84. The van der Waals surface area contributed by atoms with Crippen LogP contribution < -0.4 is 10.1 Å². The second kappa shape index (κ2) is 6.80. The maximum absolute atomic E-state index is 5.23. The van der Waals surface area contributed by atoms with Crippen LogP contribution in [0.2, 0.25) is 0 Å². The Labute approximate surface area is 128 Å². The molecule has 2 bridgehead atoms. The summed E-state index contributed by atoms with van der Waals surface area (Å²) in [5, 5.41) is 3.50. The minimum absolute atomic E-state index is 0.734. The second-order valence-electron chi connectivity index (χ2n) is 6.53. The lowest BCUT2D eigenvalue weighted by Crippen LogP contribution is -2.56. The first kappa shape index (κ1) is 14.9. The first-order chi connectivity index (χ1) is 10.3. The molecule has 2 aliphatic rings. The zero-order valence-corrected chi connectivity index (χ0v) is 13.3. The molecule has 2 atom stereocenters. The fraction of sp³-hybridized carbons (Fsp3) is 0.667. The zero-order valence-electron chi connectivity index (χ0n) is 13.3. The van der Waals surface area contributed by atoms with Crippen molar-refractivity contribution in [2.24, 2.45) is 0 Å². The van der Waals surface area contributed by atoms with E-state index in [-0.39, 0.29) is 0 Å². The molecule has 21 heavy (non-hydrogen) atoms. The Morgan fingerprint density at radius 1 is 1.14 bits per heavy atom. The largest absolute Gasteiger partial charge is 0.497 e. The summed E-state index contributed by atoms with van der Waals surface area (Å²) in [6.07, 6.45) is 8.01. The van der Waals surface area contributed by atoms with E-state index in [0.717, 1.165) is 30.3 Å². The van der Waals surface area contributed by atoms with Crippen molar-refractivity contribution in [2.45, 2.75) is 56.7 Å². The van der Waals surface area contributed by atoms with Crippen molar-refractivity contribution in [1.82, 2.24) is 10.2 Å². The molecule has 2 saturated heterocycles. The van der Waals surface area contributed by atoms with E-state index in [1.165, 1.54) is 44.2 Å². The summed E-state index contributed by atoms with van der Waals surface area (Å²) >= 11 is 0. The van der Waals surface area contributed by atoms with Gasteiger partial charge >= 0.3 is 0 Å². The van der Waals surface area contributed by atoms with Crippen LogP contribution in [-0.2, 0) is 6.42 Å². The Hall–Kier alpha value is -1.06. The van der Waals surface area contributed by atoms with Crippen molar-refractivity contribution < 1.29 is 4.74 Å². The SMILES string of the molecule is CNC1CC2CCCC(C1)N2CCc1ccc(OC)cc1. The van der Waals surface area contributed by atoms with E-state index in [1.54, 1.807) is 7.11 Å². The smallest absolute Gasteiger partial charge is 0.118 e. The summed E-state index contributed by atoms with van der Waals surface area (Å²) in [4.78, 5) is 2.79. The monoisotopic (exact) mass is 288 g/mol. The number of methoxy groups -OCH3 is 1. The van der Waals surface area contributed by atoms with Crippen LogP contribution in [0.1, 0.15) is 37.7 Å². The molecule has 2 aliphatic heterocycles. The number of nitrogens with one attached hydrogen (secondary N) is 1. The molecule has 0 aromatic heterocycles. The molecule has 1 aromatic rings. The van der Waals surface area contributed by atoms with E-state index in [1.807, 2.05) is 0 Å². The molecule has 3 nitrogen and oxygen atoms in total. The number of nitrogens with zero attached hydrogens (tertiary/aromatic N) is 1. The molecule has 116 valence electrons. The van der Waals surface area contributed by atoms with Gasteiger partial charge in [-0.15, -0.1) is 0 Å². The lowest BCUT2D eigenvalue weighted by molar-refractivity contribution is 0.0271. The zero-order chi connectivity index (χ0) is 14.7. The molecule has 1 aromatic carbocycles. The van der Waals surface area contributed by atoms with E-state index in [2.05, 4.69) is 41.5 Å². The third-order valence-electron chi connectivity index (χ3n) is 5.35. The van der Waals surface area contributed by atoms with Gasteiger partial charge in [-0.2, -0.15) is 0 Å². The Morgan fingerprint density at radius 2 is 1.81 bits per heavy atom. The highest BCUT2D eigenvalue weighted by Gasteiger charge is 2.37. The van der Waals surface area contributed by atoms with Gasteiger partial charge in [-0.25, -0.2) is 0 Å². The first-order valence-corrected chi connectivity index (χ1v) is 8.36. The third kappa shape index (κ3) is 3.41. The van der Waals surface area contributed by atoms with Crippen molar-refractivity contribution in [3.05, 3.63) is 29.8 Å². The highest BCUT2D eigenvalue weighted by molar-refractivity contribution is 5.27. The molecule has 2 fully saturated rings. The average molecular weight is 288 g/mol. The van der Waals surface area contributed by atoms with Gasteiger partial charge in [0.1, 0.15) is 5.75 Å². The maximum atomic E-state index is 5.23. The molecule has 0 aliphatic carbocycles. The Kier molecular flexibility index (Phi) is 4.81. The molecular formula is C18H28N2O. The molecule has 2 heterocycles. The summed E-state index contributed by atoms with van der Waals surface area (Å²) in [7, 11) is 3.84. The fourth-order valence-corrected chi connectivity index (χ4v) is 4.13. The number of rotatable bonds is 5. The molecule has 2 unspecified atom stereocenters. The minimum Gasteiger partial charge on any atom is -0.497 e. The highest BCUT2D eigenvalue weighted by atomic mass is 16.5. The van der Waals surface area contributed by atoms with Crippen molar-refractivity contribution in [3.63, 3.8) is 0 Å². The van der Waals surface area contributed by atoms with Crippen LogP contribution in [0.5, 0.6) is 5.75 Å². The van der Waals surface area contributed by atoms with Gasteiger partial charge in [0, 0.05) is 24.7 Å². The van der Waals surface area contributed by atoms with Crippen LogP contribution in [0.15, 0.2) is 24.3 Å². The van der Waals surface area contributed by atoms with Crippen LogP contribution in [0, 0.1) is 0 Å². The van der Waals surface area contributed by atoms with E-state index in [9.17, 15) is 0 Å². The Bertz CT molecular complexity index is 431. The molecule has 0 radical (unpaired) electrons. The van der Waals surface area contributed by atoms with Gasteiger partial charge in [0.05, 0.1) is 7.11 Å². The summed E-state index contributed by atoms with van der Waals surface area (Å²) in [5.41, 5.74) is 1.42. The van der Waals surface area contributed by atoms with Crippen molar-refractivity contribution in [2.75, 3.05) is 20.7 Å². The summed E-state index contributed by atoms with van der Waals surface area (Å²) in [6.45, 7) is 1.21. The summed E-state index contributed by atoms with van der Waals surface area (Å²) < 4.78 is 5.23. The van der Waals surface area contributed by atoms with Crippen LogP contribution in [0.25, 0.3) is 0 Å². The molecule has 3 heteroatoms. The van der Waals surface area contributed by atoms with Crippen molar-refractivity contribution in [1.29, 1.82) is 0 Å². The van der Waals surface area contributed by atoms with Gasteiger partial charge < -0.3 is 10.1 Å². The van der Waals surface area contributed by atoms with E-state index >= 15 is 0 Å². The van der Waals surface area contributed by atoms with Gasteiger partial charge in [0.2, 0.25) is 0 Å².